The molecule has 1 amide bonds. The van der Waals surface area contributed by atoms with Crippen molar-refractivity contribution in [3.63, 3.8) is 0 Å². The Kier molecular flexibility index (Phi) is 6.77. The molecule has 1 fully saturated rings. The first kappa shape index (κ1) is 20.9. The van der Waals surface area contributed by atoms with Gasteiger partial charge in [-0.25, -0.2) is 0 Å². The van der Waals surface area contributed by atoms with Crippen molar-refractivity contribution >= 4 is 69.3 Å². The molecule has 0 atom stereocenters. The average Bonchev–Trinajstić information content (AvgIpc) is 2.94. The maximum atomic E-state index is 12.5. The first-order chi connectivity index (χ1) is 13.4. The number of nitro groups is 1. The molecule has 0 radical (unpaired) electrons. The molecule has 9 heteroatoms. The maximum Gasteiger partial charge on any atom is 0.270 e. The van der Waals surface area contributed by atoms with Gasteiger partial charge in [-0.05, 0) is 42.3 Å². The molecular weight excluding hydrogens is 436 g/mol. The van der Waals surface area contributed by atoms with Crippen molar-refractivity contribution < 1.29 is 9.72 Å². The third-order valence-corrected chi connectivity index (χ3v) is 6.78. The zero-order chi connectivity index (χ0) is 20.3. The summed E-state index contributed by atoms with van der Waals surface area (Å²) in [5, 5.41) is 11.9. The molecule has 3 rings (SSSR count). The van der Waals surface area contributed by atoms with Crippen LogP contribution in [0.1, 0.15) is 18.1 Å². The molecule has 144 valence electrons. The normalized spacial score (nSPS) is 15.5. The second-order valence-corrected chi connectivity index (χ2v) is 8.95. The number of nitro benzene ring substituents is 1. The SMILES string of the molecule is CCN1C(=O)/C(=C\c2cc([N+](=O)[O-])ccc2SCc2ccc(Cl)cc2)SC1=S. The van der Waals surface area contributed by atoms with E-state index < -0.39 is 4.92 Å². The van der Waals surface area contributed by atoms with Gasteiger partial charge in [-0.2, -0.15) is 0 Å². The minimum Gasteiger partial charge on any atom is -0.293 e. The fourth-order valence-corrected chi connectivity index (χ4v) is 5.01. The molecule has 28 heavy (non-hydrogen) atoms. The highest BCUT2D eigenvalue weighted by Crippen LogP contribution is 2.36. The number of benzene rings is 2. The molecule has 0 N–H and O–H groups in total. The molecule has 0 saturated carbocycles. The van der Waals surface area contributed by atoms with Crippen molar-refractivity contribution in [2.24, 2.45) is 0 Å². The van der Waals surface area contributed by atoms with Gasteiger partial charge in [-0.15, -0.1) is 11.8 Å². The summed E-state index contributed by atoms with van der Waals surface area (Å²) >= 11 is 13.9. The molecule has 1 saturated heterocycles. The molecule has 0 unspecified atom stereocenters. The number of halogens is 1. The van der Waals surface area contributed by atoms with Gasteiger partial charge in [0.05, 0.1) is 9.83 Å². The predicted octanol–water partition coefficient (Wildman–Crippen LogP) is 5.76. The van der Waals surface area contributed by atoms with E-state index in [4.69, 9.17) is 23.8 Å². The Labute approximate surface area is 181 Å². The van der Waals surface area contributed by atoms with E-state index >= 15 is 0 Å². The second kappa shape index (κ2) is 9.09. The molecule has 2 aromatic rings. The highest BCUT2D eigenvalue weighted by Gasteiger charge is 2.31. The van der Waals surface area contributed by atoms with E-state index in [2.05, 4.69) is 0 Å². The van der Waals surface area contributed by atoms with Crippen LogP contribution in [0.25, 0.3) is 6.08 Å². The Morgan fingerprint density at radius 1 is 1.29 bits per heavy atom. The summed E-state index contributed by atoms with van der Waals surface area (Å²) in [4.78, 5) is 26.1. The van der Waals surface area contributed by atoms with E-state index in [1.165, 1.54) is 28.8 Å². The summed E-state index contributed by atoms with van der Waals surface area (Å²) in [6.07, 6.45) is 1.69. The Balaban J connectivity index is 1.91. The summed E-state index contributed by atoms with van der Waals surface area (Å²) in [5.41, 5.74) is 1.69. The minimum absolute atomic E-state index is 0.0203. The summed E-state index contributed by atoms with van der Waals surface area (Å²) in [6.45, 7) is 2.35. The lowest BCUT2D eigenvalue weighted by Crippen LogP contribution is -2.27. The summed E-state index contributed by atoms with van der Waals surface area (Å²) in [5.74, 6) is 0.504. The number of hydrogen-bond acceptors (Lipinski definition) is 6. The molecule has 1 aliphatic heterocycles. The Bertz CT molecular complexity index is 977. The number of non-ortho nitro benzene ring substituents is 1. The van der Waals surface area contributed by atoms with Crippen LogP contribution in [0.2, 0.25) is 5.02 Å². The van der Waals surface area contributed by atoms with Gasteiger partial charge in [0.15, 0.2) is 0 Å². The van der Waals surface area contributed by atoms with Crippen LogP contribution in [-0.2, 0) is 10.5 Å². The van der Waals surface area contributed by atoms with Crippen molar-refractivity contribution in [3.05, 3.63) is 73.6 Å². The van der Waals surface area contributed by atoms with Crippen molar-refractivity contribution in [2.75, 3.05) is 6.54 Å². The minimum atomic E-state index is -0.442. The Morgan fingerprint density at radius 3 is 2.61 bits per heavy atom. The van der Waals surface area contributed by atoms with Crippen LogP contribution in [0.15, 0.2) is 52.3 Å². The first-order valence-corrected chi connectivity index (χ1v) is 10.9. The zero-order valence-corrected chi connectivity index (χ0v) is 18.0. The quantitative estimate of drug-likeness (QED) is 0.183. The van der Waals surface area contributed by atoms with E-state index in [1.807, 2.05) is 31.2 Å². The third-order valence-electron chi connectivity index (χ3n) is 3.99. The van der Waals surface area contributed by atoms with Crippen LogP contribution in [0.5, 0.6) is 0 Å². The first-order valence-electron chi connectivity index (χ1n) is 8.30. The van der Waals surface area contributed by atoms with E-state index in [9.17, 15) is 14.9 Å². The topological polar surface area (TPSA) is 63.5 Å². The third kappa shape index (κ3) is 4.75. The average molecular weight is 451 g/mol. The largest absolute Gasteiger partial charge is 0.293 e. The molecule has 0 aromatic heterocycles. The molecular formula is C19H15ClN2O3S3. The predicted molar refractivity (Wildman–Crippen MR) is 120 cm³/mol. The fourth-order valence-electron chi connectivity index (χ4n) is 2.55. The number of carbonyl (C=O) groups excluding carboxylic acids is 1. The monoisotopic (exact) mass is 450 g/mol. The number of nitrogens with zero attached hydrogens (tertiary/aromatic N) is 2. The van der Waals surface area contributed by atoms with Gasteiger partial charge in [0.2, 0.25) is 0 Å². The van der Waals surface area contributed by atoms with E-state index in [0.29, 0.717) is 32.1 Å². The highest BCUT2D eigenvalue weighted by molar-refractivity contribution is 8.26. The summed E-state index contributed by atoms with van der Waals surface area (Å²) in [6, 6.07) is 12.2. The molecule has 0 bridgehead atoms. The van der Waals surface area contributed by atoms with E-state index in [0.717, 1.165) is 10.5 Å². The zero-order valence-electron chi connectivity index (χ0n) is 14.8. The summed E-state index contributed by atoms with van der Waals surface area (Å²) in [7, 11) is 0. The lowest BCUT2D eigenvalue weighted by molar-refractivity contribution is -0.384. The van der Waals surface area contributed by atoms with Crippen LogP contribution >= 0.6 is 47.3 Å². The van der Waals surface area contributed by atoms with E-state index in [1.54, 1.807) is 23.9 Å². The standard InChI is InChI=1S/C19H15ClN2O3S3/c1-2-21-18(23)17(28-19(21)26)10-13-9-15(22(24)25)7-8-16(13)27-11-12-3-5-14(20)6-4-12/h3-10H,2,11H2,1H3/b17-10+. The van der Waals surface area contributed by atoms with Crippen molar-refractivity contribution in [1.29, 1.82) is 0 Å². The van der Waals surface area contributed by atoms with Crippen molar-refractivity contribution in [1.82, 2.24) is 4.90 Å². The number of rotatable bonds is 6. The highest BCUT2D eigenvalue weighted by atomic mass is 35.5. The number of likely N-dealkylation sites (N-methyl/N-ethyl adjacent to an activating group) is 1. The molecule has 1 heterocycles. The van der Waals surface area contributed by atoms with Gasteiger partial charge in [-0.3, -0.25) is 19.8 Å². The van der Waals surface area contributed by atoms with Gasteiger partial charge in [-0.1, -0.05) is 47.7 Å². The maximum absolute atomic E-state index is 12.5. The van der Waals surface area contributed by atoms with Crippen molar-refractivity contribution in [3.8, 4) is 0 Å². The van der Waals surface area contributed by atoms with Crippen molar-refractivity contribution in [2.45, 2.75) is 17.6 Å². The lowest BCUT2D eigenvalue weighted by atomic mass is 10.2. The number of hydrogen-bond donors (Lipinski definition) is 0. The molecule has 0 spiro atoms. The molecule has 1 aliphatic rings. The van der Waals surface area contributed by atoms with Gasteiger partial charge >= 0.3 is 0 Å². The van der Waals surface area contributed by atoms with Crippen LogP contribution in [-0.4, -0.2) is 26.6 Å². The summed E-state index contributed by atoms with van der Waals surface area (Å²) < 4.78 is 0.500. The Hall–Kier alpha value is -1.87. The lowest BCUT2D eigenvalue weighted by Gasteiger charge is -2.10. The second-order valence-electron chi connectivity index (χ2n) is 5.82. The van der Waals surface area contributed by atoms with Gasteiger partial charge in [0, 0.05) is 34.3 Å². The number of amides is 1. The molecule has 2 aromatic carbocycles. The van der Waals surface area contributed by atoms with Gasteiger partial charge in [0.1, 0.15) is 4.32 Å². The van der Waals surface area contributed by atoms with Gasteiger partial charge < -0.3 is 0 Å². The van der Waals surface area contributed by atoms with Crippen LogP contribution in [0.3, 0.4) is 0 Å². The van der Waals surface area contributed by atoms with Crippen LogP contribution < -0.4 is 0 Å². The van der Waals surface area contributed by atoms with Crippen LogP contribution in [0.4, 0.5) is 5.69 Å². The Morgan fingerprint density at radius 2 is 2.00 bits per heavy atom. The number of thiocarbonyl (C=S) groups is 1. The number of carbonyl (C=O) groups is 1. The fraction of sp³-hybridized carbons (Fsp3) is 0.158. The number of thioether (sulfide) groups is 2. The molecule has 0 aliphatic carbocycles. The molecule has 5 nitrogen and oxygen atoms in total. The van der Waals surface area contributed by atoms with E-state index in [-0.39, 0.29) is 11.6 Å². The smallest absolute Gasteiger partial charge is 0.270 e. The van der Waals surface area contributed by atoms with Gasteiger partial charge in [0.25, 0.3) is 11.6 Å². The van der Waals surface area contributed by atoms with Crippen LogP contribution in [0, 0.1) is 10.1 Å².